The predicted molar refractivity (Wildman–Crippen MR) is 97.4 cm³/mol. The van der Waals surface area contributed by atoms with Crippen molar-refractivity contribution in [3.63, 3.8) is 0 Å². The van der Waals surface area contributed by atoms with Crippen molar-refractivity contribution in [1.82, 2.24) is 10.6 Å². The van der Waals surface area contributed by atoms with Crippen LogP contribution in [0.2, 0.25) is 0 Å². The highest BCUT2D eigenvalue weighted by molar-refractivity contribution is 7.92. The van der Waals surface area contributed by atoms with E-state index in [-0.39, 0.29) is 11.9 Å². The molecule has 0 aliphatic carbocycles. The molecule has 2 atom stereocenters. The fraction of sp³-hybridized carbons (Fsp3) is 0.611. The summed E-state index contributed by atoms with van der Waals surface area (Å²) in [4.78, 5) is 12.6. The monoisotopic (exact) mass is 363 g/mol. The van der Waals surface area contributed by atoms with Gasteiger partial charge in [-0.05, 0) is 62.3 Å². The Balaban J connectivity index is 1.50. The lowest BCUT2D eigenvalue weighted by atomic mass is 9.98. The maximum Gasteiger partial charge on any atom is 0.251 e. The molecule has 1 amide bonds. The van der Waals surface area contributed by atoms with E-state index >= 15 is 0 Å². The second-order valence-corrected chi connectivity index (χ2v) is 9.47. The van der Waals surface area contributed by atoms with Gasteiger partial charge in [0.15, 0.2) is 0 Å². The number of carbonyl (C=O) groups is 1. The molecule has 2 saturated heterocycles. The second-order valence-electron chi connectivity index (χ2n) is 7.56. The van der Waals surface area contributed by atoms with Crippen LogP contribution in [0, 0.1) is 0 Å². The lowest BCUT2D eigenvalue weighted by Gasteiger charge is -2.31. The van der Waals surface area contributed by atoms with Crippen molar-refractivity contribution >= 4 is 21.6 Å². The number of aryl methyl sites for hydroxylation is 1. The van der Waals surface area contributed by atoms with Crippen molar-refractivity contribution in [3.8, 4) is 0 Å². The van der Waals surface area contributed by atoms with Gasteiger partial charge in [-0.15, -0.1) is 0 Å². The third kappa shape index (κ3) is 3.40. The first-order chi connectivity index (χ1) is 11.9. The van der Waals surface area contributed by atoms with Crippen molar-refractivity contribution in [1.29, 1.82) is 0 Å². The normalized spacial score (nSPS) is 28.5. The molecule has 0 saturated carbocycles. The number of hydrogen-bond acceptors (Lipinski definition) is 4. The highest BCUT2D eigenvalue weighted by Crippen LogP contribution is 2.30. The first-order valence-electron chi connectivity index (χ1n) is 9.08. The van der Waals surface area contributed by atoms with Crippen molar-refractivity contribution in [2.24, 2.45) is 0 Å². The van der Waals surface area contributed by atoms with E-state index < -0.39 is 10.0 Å². The Kier molecular flexibility index (Phi) is 4.24. The zero-order valence-corrected chi connectivity index (χ0v) is 15.3. The Morgan fingerprint density at radius 2 is 1.96 bits per heavy atom. The van der Waals surface area contributed by atoms with Crippen molar-refractivity contribution < 1.29 is 13.2 Å². The van der Waals surface area contributed by atoms with Gasteiger partial charge in [-0.25, -0.2) is 8.42 Å². The van der Waals surface area contributed by atoms with Crippen molar-refractivity contribution in [2.45, 2.75) is 56.7 Å². The molecule has 6 nitrogen and oxygen atoms in total. The van der Waals surface area contributed by atoms with Gasteiger partial charge in [-0.1, -0.05) is 0 Å². The van der Waals surface area contributed by atoms with Gasteiger partial charge in [0.25, 0.3) is 5.91 Å². The SMILES string of the molecule is CS(=O)(=O)N1CCCc2cc(C(=O)NC3CC4CCC(C3)N4)ccc21. The molecule has 1 aromatic carbocycles. The van der Waals surface area contributed by atoms with Crippen molar-refractivity contribution in [3.05, 3.63) is 29.3 Å². The highest BCUT2D eigenvalue weighted by Gasteiger charge is 2.34. The third-order valence-electron chi connectivity index (χ3n) is 5.63. The van der Waals surface area contributed by atoms with Crippen LogP contribution < -0.4 is 14.9 Å². The molecule has 2 fully saturated rings. The van der Waals surface area contributed by atoms with E-state index in [4.69, 9.17) is 0 Å². The molecule has 0 aromatic heterocycles. The molecular weight excluding hydrogens is 338 g/mol. The second kappa shape index (κ2) is 6.29. The first kappa shape index (κ1) is 16.8. The molecule has 0 radical (unpaired) electrons. The van der Waals surface area contributed by atoms with Crippen LogP contribution in [0.5, 0.6) is 0 Å². The summed E-state index contributed by atoms with van der Waals surface area (Å²) in [7, 11) is -3.27. The Labute approximate surface area is 149 Å². The quantitative estimate of drug-likeness (QED) is 0.851. The average Bonchev–Trinajstić information content (AvgIpc) is 2.91. The van der Waals surface area contributed by atoms with Crippen LogP contribution in [-0.2, 0) is 16.4 Å². The molecule has 3 aliphatic rings. The van der Waals surface area contributed by atoms with Gasteiger partial charge >= 0.3 is 0 Å². The van der Waals surface area contributed by atoms with Crippen LogP contribution in [0.1, 0.15) is 48.0 Å². The smallest absolute Gasteiger partial charge is 0.251 e. The van der Waals surface area contributed by atoms with Crippen LogP contribution in [-0.4, -0.2) is 45.3 Å². The number of amides is 1. The summed E-state index contributed by atoms with van der Waals surface area (Å²) in [6.45, 7) is 0.509. The van der Waals surface area contributed by atoms with Gasteiger partial charge in [0.1, 0.15) is 0 Å². The summed E-state index contributed by atoms with van der Waals surface area (Å²) in [5.41, 5.74) is 2.28. The average molecular weight is 363 g/mol. The van der Waals surface area contributed by atoms with Crippen molar-refractivity contribution in [2.75, 3.05) is 17.1 Å². The maximum atomic E-state index is 12.6. The zero-order chi connectivity index (χ0) is 17.6. The minimum absolute atomic E-state index is 0.0504. The number of rotatable bonds is 3. The van der Waals surface area contributed by atoms with Crippen LogP contribution in [0.15, 0.2) is 18.2 Å². The molecule has 0 spiro atoms. The lowest BCUT2D eigenvalue weighted by molar-refractivity contribution is 0.0924. The summed E-state index contributed by atoms with van der Waals surface area (Å²) in [6, 6.07) is 6.68. The zero-order valence-electron chi connectivity index (χ0n) is 14.5. The number of sulfonamides is 1. The Bertz CT molecular complexity index is 781. The van der Waals surface area contributed by atoms with Crippen LogP contribution >= 0.6 is 0 Å². The van der Waals surface area contributed by atoms with E-state index in [1.54, 1.807) is 12.1 Å². The van der Waals surface area contributed by atoms with Gasteiger partial charge in [0.2, 0.25) is 10.0 Å². The fourth-order valence-corrected chi connectivity index (χ4v) is 5.49. The number of nitrogens with zero attached hydrogens (tertiary/aromatic N) is 1. The van der Waals surface area contributed by atoms with E-state index in [0.717, 1.165) is 31.2 Å². The topological polar surface area (TPSA) is 78.5 Å². The van der Waals surface area contributed by atoms with Crippen LogP contribution in [0.4, 0.5) is 5.69 Å². The lowest BCUT2D eigenvalue weighted by Crippen LogP contribution is -2.48. The third-order valence-corrected chi connectivity index (χ3v) is 6.81. The number of fused-ring (bicyclic) bond motifs is 3. The van der Waals surface area contributed by atoms with E-state index in [1.807, 2.05) is 6.07 Å². The van der Waals surface area contributed by atoms with E-state index in [1.165, 1.54) is 23.4 Å². The molecule has 136 valence electrons. The number of hydrogen-bond donors (Lipinski definition) is 2. The molecule has 2 unspecified atom stereocenters. The molecule has 7 heteroatoms. The Morgan fingerprint density at radius 3 is 2.64 bits per heavy atom. The standard InChI is InChI=1S/C18H25N3O3S/c1-25(23,24)21-8-2-3-12-9-13(4-7-17(12)21)18(22)20-16-10-14-5-6-15(11-16)19-14/h4,7,9,14-16,19H,2-3,5-6,8,10-11H2,1H3,(H,20,22). The number of piperidine rings is 1. The maximum absolute atomic E-state index is 12.6. The number of nitrogens with one attached hydrogen (secondary N) is 2. The van der Waals surface area contributed by atoms with E-state index in [0.29, 0.717) is 29.9 Å². The molecule has 3 aliphatic heterocycles. The minimum atomic E-state index is -3.27. The van der Waals surface area contributed by atoms with Crippen LogP contribution in [0.3, 0.4) is 0 Å². The van der Waals surface area contributed by atoms with Gasteiger partial charge in [-0.3, -0.25) is 9.10 Å². The summed E-state index contributed by atoms with van der Waals surface area (Å²) in [5, 5.41) is 6.75. The Morgan fingerprint density at radius 1 is 1.24 bits per heavy atom. The molecule has 1 aromatic rings. The summed E-state index contributed by atoms with van der Waals surface area (Å²) in [5.74, 6) is -0.0504. The summed E-state index contributed by atoms with van der Waals surface area (Å²) >= 11 is 0. The van der Waals surface area contributed by atoms with Gasteiger partial charge < -0.3 is 10.6 Å². The number of anilines is 1. The number of carbonyl (C=O) groups excluding carboxylic acids is 1. The first-order valence-corrected chi connectivity index (χ1v) is 10.9. The minimum Gasteiger partial charge on any atom is -0.349 e. The summed E-state index contributed by atoms with van der Waals surface area (Å²) < 4.78 is 25.3. The highest BCUT2D eigenvalue weighted by atomic mass is 32.2. The van der Waals surface area contributed by atoms with Gasteiger partial charge in [0, 0.05) is 30.2 Å². The van der Waals surface area contributed by atoms with Crippen LogP contribution in [0.25, 0.3) is 0 Å². The molecule has 2 N–H and O–H groups in total. The Hall–Kier alpha value is -1.60. The predicted octanol–water partition coefficient (Wildman–Crippen LogP) is 1.41. The van der Waals surface area contributed by atoms with Gasteiger partial charge in [0.05, 0.1) is 11.9 Å². The molecular formula is C18H25N3O3S. The fourth-order valence-electron chi connectivity index (χ4n) is 4.49. The van der Waals surface area contributed by atoms with E-state index in [2.05, 4.69) is 10.6 Å². The largest absolute Gasteiger partial charge is 0.349 e. The number of benzene rings is 1. The van der Waals surface area contributed by atoms with Gasteiger partial charge in [-0.2, -0.15) is 0 Å². The molecule has 25 heavy (non-hydrogen) atoms. The molecule has 3 heterocycles. The van der Waals surface area contributed by atoms with E-state index in [9.17, 15) is 13.2 Å². The molecule has 4 rings (SSSR count). The molecule has 2 bridgehead atoms. The summed E-state index contributed by atoms with van der Waals surface area (Å²) in [6.07, 6.45) is 7.22.